The maximum Gasteiger partial charge on any atom is 0.275 e. The van der Waals surface area contributed by atoms with E-state index in [2.05, 4.69) is 17.4 Å². The molecule has 0 saturated carbocycles. The summed E-state index contributed by atoms with van der Waals surface area (Å²) >= 11 is 0. The molecule has 18 heavy (non-hydrogen) atoms. The first-order valence-corrected chi connectivity index (χ1v) is 6.80. The van der Waals surface area contributed by atoms with E-state index in [1.807, 2.05) is 0 Å². The minimum atomic E-state index is 0.173. The fourth-order valence-electron chi connectivity index (χ4n) is 2.99. The van der Waals surface area contributed by atoms with Gasteiger partial charge in [-0.2, -0.15) is 0 Å². The zero-order valence-corrected chi connectivity index (χ0v) is 11.3. The van der Waals surface area contributed by atoms with E-state index in [1.165, 1.54) is 30.5 Å². The van der Waals surface area contributed by atoms with E-state index in [-0.39, 0.29) is 5.91 Å². The molecule has 0 aromatic carbocycles. The Labute approximate surface area is 109 Å². The third kappa shape index (κ3) is 3.00. The number of piperazine rings is 3. The number of carbonyl (C=O) groups excluding carboxylic acids is 1. The zero-order valence-electron chi connectivity index (χ0n) is 11.3. The smallest absolute Gasteiger partial charge is 0.275 e. The van der Waals surface area contributed by atoms with Gasteiger partial charge in [0.05, 0.1) is 20.1 Å². The molecule has 2 bridgehead atoms. The van der Waals surface area contributed by atoms with Gasteiger partial charge < -0.3 is 14.3 Å². The van der Waals surface area contributed by atoms with Crippen LogP contribution in [0.1, 0.15) is 0 Å². The molecular formula is C12H26N5O+3. The average Bonchev–Trinajstić information content (AvgIpc) is 2.37. The molecule has 0 radical (unpaired) electrons. The Morgan fingerprint density at radius 3 is 2.44 bits per heavy atom. The Hall–Kier alpha value is -1.14. The van der Waals surface area contributed by atoms with Crippen molar-refractivity contribution < 1.29 is 18.8 Å². The van der Waals surface area contributed by atoms with Crippen molar-refractivity contribution in [1.82, 2.24) is 5.32 Å². The number of nitrogens with one attached hydrogen (secondary N) is 2. The normalized spacial score (nSPS) is 34.9. The van der Waals surface area contributed by atoms with Crippen LogP contribution in [0.4, 0.5) is 0 Å². The van der Waals surface area contributed by atoms with Crippen LogP contribution in [0.5, 0.6) is 0 Å². The molecule has 0 aromatic rings. The van der Waals surface area contributed by atoms with Gasteiger partial charge in [-0.3, -0.25) is 15.5 Å². The van der Waals surface area contributed by atoms with Gasteiger partial charge in [-0.25, -0.2) is 0 Å². The fraction of sp³-hybridized carbons (Fsp3) is 0.833. The van der Waals surface area contributed by atoms with Crippen LogP contribution in [-0.4, -0.2) is 87.2 Å². The van der Waals surface area contributed by atoms with E-state index < -0.39 is 0 Å². The summed E-state index contributed by atoms with van der Waals surface area (Å²) in [5.74, 6) is 0.173. The number of rotatable bonds is 5. The van der Waals surface area contributed by atoms with Gasteiger partial charge in [-0.1, -0.05) is 0 Å². The van der Waals surface area contributed by atoms with Gasteiger partial charge in [-0.05, 0) is 0 Å². The number of hydrogen-bond donors (Lipinski definition) is 3. The number of nitrogens with two attached hydrogens (primary N) is 1. The van der Waals surface area contributed by atoms with Crippen LogP contribution in [-0.2, 0) is 4.79 Å². The number of quaternary nitrogens is 2. The Balaban J connectivity index is 1.77. The van der Waals surface area contributed by atoms with Gasteiger partial charge in [0.2, 0.25) is 6.34 Å². The van der Waals surface area contributed by atoms with Crippen molar-refractivity contribution >= 4 is 12.2 Å². The van der Waals surface area contributed by atoms with Crippen molar-refractivity contribution in [3.63, 3.8) is 0 Å². The quantitative estimate of drug-likeness (QED) is 0.206. The van der Waals surface area contributed by atoms with Gasteiger partial charge in [0.25, 0.3) is 5.91 Å². The van der Waals surface area contributed by atoms with Crippen molar-refractivity contribution in [3.8, 4) is 0 Å². The largest absolute Gasteiger partial charge is 0.347 e. The predicted molar refractivity (Wildman–Crippen MR) is 69.6 cm³/mol. The van der Waals surface area contributed by atoms with Crippen LogP contribution in [0.2, 0.25) is 0 Å². The maximum atomic E-state index is 11.9. The summed E-state index contributed by atoms with van der Waals surface area (Å²) in [6, 6.07) is 0. The molecule has 3 rings (SSSR count). The Morgan fingerprint density at radius 1 is 1.28 bits per heavy atom. The number of carbonyl (C=O) groups is 1. The molecule has 3 aliphatic rings. The molecule has 0 aliphatic carbocycles. The second kappa shape index (κ2) is 5.24. The molecule has 0 unspecified atom stereocenters. The maximum absolute atomic E-state index is 11.9. The van der Waals surface area contributed by atoms with Crippen LogP contribution in [0.25, 0.3) is 0 Å². The molecule has 1 amide bonds. The number of fused-ring (bicyclic) bond motifs is 3. The predicted octanol–water partition coefficient (Wildman–Crippen LogP) is -3.54. The van der Waals surface area contributed by atoms with Gasteiger partial charge >= 0.3 is 0 Å². The van der Waals surface area contributed by atoms with Gasteiger partial charge in [0.1, 0.15) is 39.3 Å². The van der Waals surface area contributed by atoms with Crippen LogP contribution in [0.3, 0.4) is 0 Å². The van der Waals surface area contributed by atoms with E-state index in [9.17, 15) is 4.79 Å². The third-order valence-electron chi connectivity index (χ3n) is 4.53. The lowest BCUT2D eigenvalue weighted by Gasteiger charge is -2.53. The Bertz CT molecular complexity index is 317. The van der Waals surface area contributed by atoms with Crippen molar-refractivity contribution in [3.05, 3.63) is 0 Å². The highest BCUT2D eigenvalue weighted by Gasteiger charge is 2.47. The molecule has 6 nitrogen and oxygen atoms in total. The topological polar surface area (TPSA) is 69.1 Å². The van der Waals surface area contributed by atoms with Gasteiger partial charge in [0, 0.05) is 0 Å². The summed E-state index contributed by atoms with van der Waals surface area (Å²) in [7, 11) is 2.34. The monoisotopic (exact) mass is 256 g/mol. The van der Waals surface area contributed by atoms with E-state index in [0.29, 0.717) is 19.6 Å². The summed E-state index contributed by atoms with van der Waals surface area (Å²) in [5.41, 5.74) is 5.20. The Kier molecular flexibility index (Phi) is 3.87. The summed E-state index contributed by atoms with van der Waals surface area (Å²) in [5, 5.41) is 2.95. The molecule has 0 spiro atoms. The number of hydrogen-bond acceptors (Lipinski definition) is 1. The van der Waals surface area contributed by atoms with E-state index >= 15 is 0 Å². The highest BCUT2D eigenvalue weighted by Crippen LogP contribution is 2.24. The number of amides is 1. The van der Waals surface area contributed by atoms with Crippen LogP contribution in [0.15, 0.2) is 0 Å². The molecule has 3 heterocycles. The standard InChI is InChI=1S/C12H24N5O/c1-16-4-7-17(8-5-16,9-6-16)10-12(18)15-3-2-14-11-13/h11H,2-10H2,1H3,(H2-,13,14,15,18)/q+1/p+2. The lowest BCUT2D eigenvalue weighted by Crippen LogP contribution is -2.75. The zero-order chi connectivity index (χ0) is 13.1. The first kappa shape index (κ1) is 13.3. The van der Waals surface area contributed by atoms with Crippen LogP contribution in [0, 0.1) is 0 Å². The molecule has 0 aromatic heterocycles. The van der Waals surface area contributed by atoms with E-state index in [4.69, 9.17) is 5.73 Å². The van der Waals surface area contributed by atoms with E-state index in [0.717, 1.165) is 24.1 Å². The van der Waals surface area contributed by atoms with Gasteiger partial charge in [0.15, 0.2) is 6.54 Å². The molecule has 6 heteroatoms. The lowest BCUT2D eigenvalue weighted by atomic mass is 10.1. The summed E-state index contributed by atoms with van der Waals surface area (Å²) in [6.07, 6.45) is 1.40. The minimum absolute atomic E-state index is 0.173. The SMILES string of the molecule is C[N+]12CC[N+](CC(=O)NCC[NH+]=CN)(CC1)CC2. The molecule has 0 atom stereocenters. The lowest BCUT2D eigenvalue weighted by molar-refractivity contribution is -1.07. The third-order valence-corrected chi connectivity index (χ3v) is 4.53. The van der Waals surface area contributed by atoms with Gasteiger partial charge in [-0.15, -0.1) is 0 Å². The number of likely N-dealkylation sites (N-methyl/N-ethyl adjacent to an activating group) is 1. The highest BCUT2D eigenvalue weighted by molar-refractivity contribution is 5.77. The van der Waals surface area contributed by atoms with Crippen LogP contribution >= 0.6 is 0 Å². The average molecular weight is 256 g/mol. The second-order valence-corrected chi connectivity index (χ2v) is 5.93. The fourth-order valence-corrected chi connectivity index (χ4v) is 2.99. The van der Waals surface area contributed by atoms with Crippen molar-refractivity contribution in [2.24, 2.45) is 5.73 Å². The van der Waals surface area contributed by atoms with Crippen molar-refractivity contribution in [2.45, 2.75) is 0 Å². The summed E-state index contributed by atoms with van der Waals surface area (Å²) < 4.78 is 2.20. The summed E-state index contributed by atoms with van der Waals surface area (Å²) in [4.78, 5) is 14.8. The number of nitrogens with zero attached hydrogens (tertiary/aromatic N) is 2. The molecule has 102 valence electrons. The summed E-state index contributed by atoms with van der Waals surface area (Å²) in [6.45, 7) is 9.09. The second-order valence-electron chi connectivity index (χ2n) is 5.93. The van der Waals surface area contributed by atoms with E-state index in [1.54, 1.807) is 0 Å². The molecule has 3 fully saturated rings. The minimum Gasteiger partial charge on any atom is -0.347 e. The molecule has 3 saturated heterocycles. The van der Waals surface area contributed by atoms with Crippen molar-refractivity contribution in [1.29, 1.82) is 0 Å². The molecular weight excluding hydrogens is 230 g/mol. The van der Waals surface area contributed by atoms with Crippen molar-refractivity contribution in [2.75, 3.05) is 66.0 Å². The first-order chi connectivity index (χ1) is 8.58. The first-order valence-electron chi connectivity index (χ1n) is 6.80. The Morgan fingerprint density at radius 2 is 1.89 bits per heavy atom. The highest BCUT2D eigenvalue weighted by atomic mass is 16.2. The molecule has 4 N–H and O–H groups in total. The van der Waals surface area contributed by atoms with Crippen LogP contribution < -0.4 is 16.0 Å². The molecule has 3 aliphatic heterocycles.